The van der Waals surface area contributed by atoms with Crippen LogP contribution in [0.15, 0.2) is 22.7 Å². The number of halogens is 1. The second-order valence-electron chi connectivity index (χ2n) is 5.44. The fourth-order valence-electron chi connectivity index (χ4n) is 3.47. The quantitative estimate of drug-likeness (QED) is 0.812. The minimum Gasteiger partial charge on any atom is -0.393 e. The molecule has 1 aromatic rings. The SMILES string of the molecule is NC(=S)c1cc(Br)ccc1N1C2CCC1CC(O)C2. The van der Waals surface area contributed by atoms with E-state index in [1.807, 2.05) is 12.1 Å². The number of hydrogen-bond donors (Lipinski definition) is 2. The maximum Gasteiger partial charge on any atom is 0.106 e. The van der Waals surface area contributed by atoms with Gasteiger partial charge in [0.1, 0.15) is 4.99 Å². The average molecular weight is 341 g/mol. The monoisotopic (exact) mass is 340 g/mol. The highest BCUT2D eigenvalue weighted by molar-refractivity contribution is 9.10. The lowest BCUT2D eigenvalue weighted by molar-refractivity contribution is 0.126. The zero-order valence-electron chi connectivity index (χ0n) is 10.6. The van der Waals surface area contributed by atoms with Crippen molar-refractivity contribution in [3.63, 3.8) is 0 Å². The number of fused-ring (bicyclic) bond motifs is 2. The molecule has 3 nitrogen and oxygen atoms in total. The third kappa shape index (κ3) is 2.39. The number of anilines is 1. The fourth-order valence-corrected chi connectivity index (χ4v) is 4.00. The number of nitrogens with two attached hydrogens (primary N) is 1. The highest BCUT2D eigenvalue weighted by Gasteiger charge is 2.41. The predicted octanol–water partition coefficient (Wildman–Crippen LogP) is 2.58. The van der Waals surface area contributed by atoms with Crippen LogP contribution in [0.3, 0.4) is 0 Å². The van der Waals surface area contributed by atoms with Gasteiger partial charge < -0.3 is 15.7 Å². The number of thiocarbonyl (C=S) groups is 1. The number of benzene rings is 1. The van der Waals surface area contributed by atoms with Gasteiger partial charge in [-0.1, -0.05) is 28.1 Å². The van der Waals surface area contributed by atoms with Gasteiger partial charge in [0.25, 0.3) is 0 Å². The Morgan fingerprint density at radius 1 is 1.32 bits per heavy atom. The van der Waals surface area contributed by atoms with E-state index in [1.165, 1.54) is 0 Å². The zero-order valence-corrected chi connectivity index (χ0v) is 13.0. The van der Waals surface area contributed by atoms with Gasteiger partial charge in [-0.05, 0) is 43.9 Å². The third-order valence-electron chi connectivity index (χ3n) is 4.21. The van der Waals surface area contributed by atoms with E-state index < -0.39 is 0 Å². The lowest BCUT2D eigenvalue weighted by Crippen LogP contribution is -2.45. The van der Waals surface area contributed by atoms with Crippen LogP contribution >= 0.6 is 28.1 Å². The van der Waals surface area contributed by atoms with Crippen molar-refractivity contribution in [3.05, 3.63) is 28.2 Å². The van der Waals surface area contributed by atoms with Crippen molar-refractivity contribution in [1.29, 1.82) is 0 Å². The van der Waals surface area contributed by atoms with E-state index in [0.29, 0.717) is 17.1 Å². The van der Waals surface area contributed by atoms with E-state index >= 15 is 0 Å². The summed E-state index contributed by atoms with van der Waals surface area (Å²) in [5.74, 6) is 0. The van der Waals surface area contributed by atoms with Crippen LogP contribution in [-0.4, -0.2) is 28.3 Å². The van der Waals surface area contributed by atoms with Crippen LogP contribution in [0.4, 0.5) is 5.69 Å². The molecule has 1 aromatic carbocycles. The van der Waals surface area contributed by atoms with E-state index in [4.69, 9.17) is 18.0 Å². The largest absolute Gasteiger partial charge is 0.393 e. The zero-order chi connectivity index (χ0) is 13.6. The first-order chi connectivity index (χ1) is 9.06. The van der Waals surface area contributed by atoms with Crippen LogP contribution in [0.2, 0.25) is 0 Å². The molecule has 5 heteroatoms. The standard InChI is InChI=1S/C14H17BrN2OS/c15-8-1-4-13(12(5-8)14(16)19)17-9-2-3-10(17)7-11(18)6-9/h1,4-5,9-11,18H,2-3,6-7H2,(H2,16,19). The van der Waals surface area contributed by atoms with Crippen molar-refractivity contribution in [2.75, 3.05) is 4.90 Å². The Balaban J connectivity index is 2.01. The average Bonchev–Trinajstić information content (AvgIpc) is 2.62. The smallest absolute Gasteiger partial charge is 0.106 e. The summed E-state index contributed by atoms with van der Waals surface area (Å²) in [6.45, 7) is 0. The van der Waals surface area contributed by atoms with Gasteiger partial charge in [0, 0.05) is 27.8 Å². The van der Waals surface area contributed by atoms with Gasteiger partial charge >= 0.3 is 0 Å². The van der Waals surface area contributed by atoms with Crippen molar-refractivity contribution in [3.8, 4) is 0 Å². The van der Waals surface area contributed by atoms with E-state index in [0.717, 1.165) is 41.4 Å². The normalized spacial score (nSPS) is 29.6. The predicted molar refractivity (Wildman–Crippen MR) is 84.6 cm³/mol. The molecule has 0 saturated carbocycles. The highest BCUT2D eigenvalue weighted by Crippen LogP contribution is 2.41. The van der Waals surface area contributed by atoms with E-state index in [9.17, 15) is 5.11 Å². The van der Waals surface area contributed by atoms with Gasteiger partial charge in [0.15, 0.2) is 0 Å². The summed E-state index contributed by atoms with van der Waals surface area (Å²) < 4.78 is 0.989. The molecule has 2 saturated heterocycles. The second kappa shape index (κ2) is 5.04. The van der Waals surface area contributed by atoms with Crippen molar-refractivity contribution in [2.24, 2.45) is 5.73 Å². The van der Waals surface area contributed by atoms with Crippen LogP contribution in [-0.2, 0) is 0 Å². The number of piperidine rings is 1. The van der Waals surface area contributed by atoms with Gasteiger partial charge in [-0.15, -0.1) is 0 Å². The molecule has 2 bridgehead atoms. The molecule has 0 aromatic heterocycles. The summed E-state index contributed by atoms with van der Waals surface area (Å²) in [5.41, 5.74) is 7.91. The fraction of sp³-hybridized carbons (Fsp3) is 0.500. The lowest BCUT2D eigenvalue weighted by atomic mass is 9.98. The molecule has 102 valence electrons. The van der Waals surface area contributed by atoms with E-state index in [2.05, 4.69) is 26.9 Å². The Morgan fingerprint density at radius 2 is 1.95 bits per heavy atom. The Hall–Kier alpha value is -0.650. The summed E-state index contributed by atoms with van der Waals surface area (Å²) in [5, 5.41) is 9.89. The Labute approximate surface area is 126 Å². The van der Waals surface area contributed by atoms with Gasteiger partial charge in [0.2, 0.25) is 0 Å². The Bertz CT molecular complexity index is 508. The molecule has 2 unspecified atom stereocenters. The van der Waals surface area contributed by atoms with Crippen LogP contribution in [0.25, 0.3) is 0 Å². The molecule has 2 aliphatic rings. The maximum absolute atomic E-state index is 9.89. The molecule has 3 rings (SSSR count). The summed E-state index contributed by atoms with van der Waals surface area (Å²) in [6.07, 6.45) is 3.84. The number of aliphatic hydroxyl groups excluding tert-OH is 1. The first-order valence-electron chi connectivity index (χ1n) is 6.62. The number of rotatable bonds is 2. The molecule has 2 aliphatic heterocycles. The summed E-state index contributed by atoms with van der Waals surface area (Å²) in [7, 11) is 0. The molecule has 19 heavy (non-hydrogen) atoms. The minimum atomic E-state index is -0.155. The summed E-state index contributed by atoms with van der Waals surface area (Å²) >= 11 is 8.65. The van der Waals surface area contributed by atoms with Crippen LogP contribution < -0.4 is 10.6 Å². The van der Waals surface area contributed by atoms with Crippen molar-refractivity contribution >= 4 is 38.8 Å². The van der Waals surface area contributed by atoms with Gasteiger partial charge in [-0.25, -0.2) is 0 Å². The number of nitrogens with zero attached hydrogens (tertiary/aromatic N) is 1. The van der Waals surface area contributed by atoms with Crippen molar-refractivity contribution < 1.29 is 5.11 Å². The molecule has 2 heterocycles. The third-order valence-corrected chi connectivity index (χ3v) is 4.92. The first kappa shape index (κ1) is 13.3. The number of aliphatic hydroxyl groups is 1. The Kier molecular flexibility index (Phi) is 3.53. The summed E-state index contributed by atoms with van der Waals surface area (Å²) in [6, 6.07) is 6.94. The van der Waals surface area contributed by atoms with Crippen LogP contribution in [0.1, 0.15) is 31.2 Å². The number of hydrogen-bond acceptors (Lipinski definition) is 3. The van der Waals surface area contributed by atoms with E-state index in [-0.39, 0.29) is 6.10 Å². The molecule has 0 aliphatic carbocycles. The van der Waals surface area contributed by atoms with Gasteiger partial charge in [0.05, 0.1) is 6.10 Å². The molecule has 3 N–H and O–H groups in total. The van der Waals surface area contributed by atoms with Crippen molar-refractivity contribution in [1.82, 2.24) is 0 Å². The molecular weight excluding hydrogens is 324 g/mol. The van der Waals surface area contributed by atoms with Crippen LogP contribution in [0, 0.1) is 0 Å². The molecule has 0 amide bonds. The van der Waals surface area contributed by atoms with Crippen molar-refractivity contribution in [2.45, 2.75) is 43.9 Å². The lowest BCUT2D eigenvalue weighted by Gasteiger charge is -2.40. The van der Waals surface area contributed by atoms with Gasteiger partial charge in [-0.3, -0.25) is 0 Å². The molecule has 0 radical (unpaired) electrons. The maximum atomic E-state index is 9.89. The summed E-state index contributed by atoms with van der Waals surface area (Å²) in [4.78, 5) is 2.86. The molecule has 2 fully saturated rings. The molecule has 0 spiro atoms. The highest BCUT2D eigenvalue weighted by atomic mass is 79.9. The van der Waals surface area contributed by atoms with Crippen LogP contribution in [0.5, 0.6) is 0 Å². The first-order valence-corrected chi connectivity index (χ1v) is 7.82. The van der Waals surface area contributed by atoms with E-state index in [1.54, 1.807) is 0 Å². The molecular formula is C14H17BrN2OS. The second-order valence-corrected chi connectivity index (χ2v) is 6.80. The topological polar surface area (TPSA) is 49.5 Å². The van der Waals surface area contributed by atoms with Gasteiger partial charge in [-0.2, -0.15) is 0 Å². The Morgan fingerprint density at radius 3 is 2.53 bits per heavy atom. The minimum absolute atomic E-state index is 0.155. The molecule has 2 atom stereocenters.